The molecule has 0 bridgehead atoms. The molecule has 2 aromatic carbocycles. The summed E-state index contributed by atoms with van der Waals surface area (Å²) >= 11 is 6.12. The highest BCUT2D eigenvalue weighted by Gasteiger charge is 2.26. The van der Waals surface area contributed by atoms with E-state index in [0.717, 1.165) is 11.3 Å². The van der Waals surface area contributed by atoms with Crippen LogP contribution in [0, 0.1) is 5.82 Å². The fraction of sp³-hybridized carbons (Fsp3) is 0.200. The summed E-state index contributed by atoms with van der Waals surface area (Å²) in [7, 11) is 1.60. The summed E-state index contributed by atoms with van der Waals surface area (Å²) in [5.74, 6) is 0.384. The summed E-state index contributed by atoms with van der Waals surface area (Å²) in [6, 6.07) is 11.5. The quantitative estimate of drug-likeness (QED) is 0.929. The number of hydrogen-bond donors (Lipinski definition) is 1. The summed E-state index contributed by atoms with van der Waals surface area (Å²) in [6.45, 7) is 1.80. The Morgan fingerprint density at radius 1 is 1.16 bits per heavy atom. The minimum atomic E-state index is -0.870. The molecule has 0 saturated heterocycles. The van der Waals surface area contributed by atoms with Crippen molar-refractivity contribution in [2.45, 2.75) is 12.5 Å². The van der Waals surface area contributed by atoms with Crippen LogP contribution in [0.15, 0.2) is 42.5 Å². The third kappa shape index (κ3) is 2.72. The molecule has 0 aliphatic rings. The zero-order valence-electron chi connectivity index (χ0n) is 10.8. The topological polar surface area (TPSA) is 35.2 Å². The van der Waals surface area contributed by atoms with Gasteiger partial charge in [-0.1, -0.05) is 23.7 Å². The zero-order chi connectivity index (χ0) is 14.0. The van der Waals surface area contributed by atoms with Crippen molar-refractivity contribution in [1.82, 2.24) is 0 Å². The van der Waals surface area contributed by atoms with Gasteiger partial charge in [0.25, 0.3) is 0 Å². The van der Waals surface area contributed by atoms with Gasteiger partial charge in [-0.2, -0.15) is 0 Å². The standard InChI is InChI=1S/C15H15ClFNO/c1-15(18,10-3-6-12(19-2)7-4-10)13-9-11(17)5-8-14(13)16/h3-9H,18H2,1-2H3. The van der Waals surface area contributed by atoms with E-state index in [-0.39, 0.29) is 5.82 Å². The van der Waals surface area contributed by atoms with Gasteiger partial charge < -0.3 is 10.5 Å². The highest BCUT2D eigenvalue weighted by Crippen LogP contribution is 2.33. The molecule has 0 saturated carbocycles. The van der Waals surface area contributed by atoms with Gasteiger partial charge in [-0.3, -0.25) is 0 Å². The zero-order valence-corrected chi connectivity index (χ0v) is 11.5. The smallest absolute Gasteiger partial charge is 0.123 e. The molecule has 2 rings (SSSR count). The van der Waals surface area contributed by atoms with Crippen LogP contribution in [0.1, 0.15) is 18.1 Å². The Morgan fingerprint density at radius 3 is 2.37 bits per heavy atom. The molecule has 0 heterocycles. The predicted octanol–water partition coefficient (Wildman–Crippen LogP) is 3.71. The summed E-state index contributed by atoms with van der Waals surface area (Å²) in [4.78, 5) is 0. The van der Waals surface area contributed by atoms with Crippen molar-refractivity contribution in [3.8, 4) is 5.75 Å². The van der Waals surface area contributed by atoms with E-state index in [1.165, 1.54) is 18.2 Å². The maximum atomic E-state index is 13.4. The lowest BCUT2D eigenvalue weighted by Gasteiger charge is -2.27. The predicted molar refractivity (Wildman–Crippen MR) is 75.0 cm³/mol. The molecule has 0 amide bonds. The lowest BCUT2D eigenvalue weighted by molar-refractivity contribution is 0.414. The van der Waals surface area contributed by atoms with Crippen LogP contribution >= 0.6 is 11.6 Å². The molecule has 0 radical (unpaired) electrons. The van der Waals surface area contributed by atoms with Crippen molar-refractivity contribution in [1.29, 1.82) is 0 Å². The first-order chi connectivity index (χ1) is 8.95. The van der Waals surface area contributed by atoms with Crippen molar-refractivity contribution >= 4 is 11.6 Å². The molecule has 0 aromatic heterocycles. The van der Waals surface area contributed by atoms with Gasteiger partial charge in [0.15, 0.2) is 0 Å². The molecule has 19 heavy (non-hydrogen) atoms. The Bertz CT molecular complexity index is 581. The van der Waals surface area contributed by atoms with E-state index < -0.39 is 5.54 Å². The van der Waals surface area contributed by atoms with Crippen molar-refractivity contribution in [3.63, 3.8) is 0 Å². The second-order valence-electron chi connectivity index (χ2n) is 4.56. The van der Waals surface area contributed by atoms with Gasteiger partial charge in [-0.25, -0.2) is 4.39 Å². The third-order valence-corrected chi connectivity index (χ3v) is 3.51. The molecule has 0 fully saturated rings. The fourth-order valence-electron chi connectivity index (χ4n) is 1.99. The number of benzene rings is 2. The van der Waals surface area contributed by atoms with E-state index in [4.69, 9.17) is 22.1 Å². The van der Waals surface area contributed by atoms with Gasteiger partial charge in [-0.05, 0) is 48.4 Å². The van der Waals surface area contributed by atoms with Gasteiger partial charge in [0.1, 0.15) is 11.6 Å². The summed E-state index contributed by atoms with van der Waals surface area (Å²) in [6.07, 6.45) is 0. The van der Waals surface area contributed by atoms with Crippen LogP contribution in [0.4, 0.5) is 4.39 Å². The monoisotopic (exact) mass is 279 g/mol. The SMILES string of the molecule is COc1ccc(C(C)(N)c2cc(F)ccc2Cl)cc1. The van der Waals surface area contributed by atoms with Crippen LogP contribution in [0.5, 0.6) is 5.75 Å². The van der Waals surface area contributed by atoms with Crippen LogP contribution in [0.2, 0.25) is 5.02 Å². The fourth-order valence-corrected chi connectivity index (χ4v) is 2.30. The van der Waals surface area contributed by atoms with Gasteiger partial charge in [0.05, 0.1) is 12.6 Å². The average Bonchev–Trinajstić information content (AvgIpc) is 2.41. The van der Waals surface area contributed by atoms with E-state index in [2.05, 4.69) is 0 Å². The number of nitrogens with two attached hydrogens (primary N) is 1. The third-order valence-electron chi connectivity index (χ3n) is 3.18. The van der Waals surface area contributed by atoms with Gasteiger partial charge >= 0.3 is 0 Å². The van der Waals surface area contributed by atoms with Crippen LogP contribution in [0.3, 0.4) is 0 Å². The second-order valence-corrected chi connectivity index (χ2v) is 4.96. The lowest BCUT2D eigenvalue weighted by Crippen LogP contribution is -2.34. The molecule has 0 aliphatic carbocycles. The average molecular weight is 280 g/mol. The van der Waals surface area contributed by atoms with E-state index in [1.807, 2.05) is 24.3 Å². The molecule has 100 valence electrons. The van der Waals surface area contributed by atoms with Crippen molar-refractivity contribution in [2.24, 2.45) is 5.73 Å². The Morgan fingerprint density at radius 2 is 1.79 bits per heavy atom. The van der Waals surface area contributed by atoms with Crippen molar-refractivity contribution in [3.05, 3.63) is 64.4 Å². The molecule has 1 atom stereocenters. The van der Waals surface area contributed by atoms with Crippen molar-refractivity contribution in [2.75, 3.05) is 7.11 Å². The minimum Gasteiger partial charge on any atom is -0.497 e. The van der Waals surface area contributed by atoms with Crippen LogP contribution in [0.25, 0.3) is 0 Å². The Labute approximate surface area is 117 Å². The Kier molecular flexibility index (Phi) is 3.78. The molecule has 0 spiro atoms. The molecule has 4 heteroatoms. The number of rotatable bonds is 3. The van der Waals surface area contributed by atoms with E-state index >= 15 is 0 Å². The first-order valence-corrected chi connectivity index (χ1v) is 6.22. The molecule has 1 unspecified atom stereocenters. The minimum absolute atomic E-state index is 0.357. The maximum Gasteiger partial charge on any atom is 0.123 e. The largest absolute Gasteiger partial charge is 0.497 e. The molecule has 2 nitrogen and oxygen atoms in total. The van der Waals surface area contributed by atoms with Crippen LogP contribution in [-0.4, -0.2) is 7.11 Å². The van der Waals surface area contributed by atoms with E-state index in [1.54, 1.807) is 14.0 Å². The van der Waals surface area contributed by atoms with Crippen LogP contribution < -0.4 is 10.5 Å². The first-order valence-electron chi connectivity index (χ1n) is 5.84. The molecular formula is C15H15ClFNO. The lowest BCUT2D eigenvalue weighted by atomic mass is 9.85. The first kappa shape index (κ1) is 13.8. The normalized spacial score (nSPS) is 13.9. The molecule has 2 aromatic rings. The van der Waals surface area contributed by atoms with E-state index in [9.17, 15) is 4.39 Å². The van der Waals surface area contributed by atoms with Crippen molar-refractivity contribution < 1.29 is 9.13 Å². The molecule has 2 N–H and O–H groups in total. The molecular weight excluding hydrogens is 265 g/mol. The van der Waals surface area contributed by atoms with Crippen LogP contribution in [-0.2, 0) is 5.54 Å². The number of methoxy groups -OCH3 is 1. The van der Waals surface area contributed by atoms with Gasteiger partial charge in [-0.15, -0.1) is 0 Å². The second kappa shape index (κ2) is 5.19. The molecule has 0 aliphatic heterocycles. The van der Waals surface area contributed by atoms with E-state index in [0.29, 0.717) is 10.6 Å². The Balaban J connectivity index is 2.48. The number of halogens is 2. The Hall–Kier alpha value is -1.58. The van der Waals surface area contributed by atoms with Gasteiger partial charge in [0.2, 0.25) is 0 Å². The highest BCUT2D eigenvalue weighted by molar-refractivity contribution is 6.31. The van der Waals surface area contributed by atoms with Gasteiger partial charge in [0, 0.05) is 5.02 Å². The summed E-state index contributed by atoms with van der Waals surface area (Å²) in [5, 5.41) is 0.446. The highest BCUT2D eigenvalue weighted by atomic mass is 35.5. The maximum absolute atomic E-state index is 13.4. The summed E-state index contributed by atoms with van der Waals surface area (Å²) < 4.78 is 18.5. The number of ether oxygens (including phenoxy) is 1. The summed E-state index contributed by atoms with van der Waals surface area (Å²) in [5.41, 5.74) is 6.85. The number of hydrogen-bond acceptors (Lipinski definition) is 2.